The minimum Gasteiger partial charge on any atom is -0.324 e. The zero-order valence-electron chi connectivity index (χ0n) is 11.2. The Bertz CT molecular complexity index is 409. The van der Waals surface area contributed by atoms with Crippen LogP contribution in [0.2, 0.25) is 0 Å². The molecule has 0 amide bonds. The van der Waals surface area contributed by atoms with Crippen LogP contribution in [-0.2, 0) is 0 Å². The van der Waals surface area contributed by atoms with Gasteiger partial charge in [0.2, 0.25) is 0 Å². The Labute approximate surface area is 110 Å². The van der Waals surface area contributed by atoms with E-state index in [2.05, 4.69) is 36.5 Å². The Hall–Kier alpha value is -0.860. The molecule has 0 aromatic heterocycles. The Morgan fingerprint density at radius 1 is 1.17 bits per heavy atom. The fourth-order valence-electron chi connectivity index (χ4n) is 3.74. The van der Waals surface area contributed by atoms with Crippen molar-refractivity contribution in [2.24, 2.45) is 11.7 Å². The Morgan fingerprint density at radius 3 is 2.56 bits per heavy atom. The molecule has 2 aliphatic carbocycles. The minimum atomic E-state index is 0.217. The first kappa shape index (κ1) is 12.2. The van der Waals surface area contributed by atoms with Crippen LogP contribution in [0.4, 0.5) is 0 Å². The van der Waals surface area contributed by atoms with E-state index < -0.39 is 0 Å². The van der Waals surface area contributed by atoms with Gasteiger partial charge < -0.3 is 11.1 Å². The van der Waals surface area contributed by atoms with Crippen LogP contribution in [0.3, 0.4) is 0 Å². The second kappa shape index (κ2) is 5.02. The molecule has 0 heterocycles. The van der Waals surface area contributed by atoms with E-state index in [1.54, 1.807) is 0 Å². The van der Waals surface area contributed by atoms with Crippen molar-refractivity contribution in [3.63, 3.8) is 0 Å². The second-order valence-corrected chi connectivity index (χ2v) is 6.02. The smallest absolute Gasteiger partial charge is 0.0344 e. The maximum atomic E-state index is 6.23. The van der Waals surface area contributed by atoms with E-state index in [0.29, 0.717) is 12.1 Å². The highest BCUT2D eigenvalue weighted by molar-refractivity contribution is 5.37. The average Bonchev–Trinajstić information content (AvgIpc) is 3.00. The molecule has 2 aliphatic rings. The topological polar surface area (TPSA) is 38.0 Å². The zero-order chi connectivity index (χ0) is 12.5. The third-order valence-electron chi connectivity index (χ3n) is 4.83. The standard InChI is InChI=1S/C16H24N2/c1-11(12-6-2-3-7-12)18-16-10-15(17)13-8-4-5-9-14(13)16/h4-5,8-9,11-12,15-16,18H,2-3,6-7,10,17H2,1H3. The summed E-state index contributed by atoms with van der Waals surface area (Å²) in [6.45, 7) is 2.35. The van der Waals surface area contributed by atoms with Crippen LogP contribution in [0.25, 0.3) is 0 Å². The van der Waals surface area contributed by atoms with Gasteiger partial charge in [-0.15, -0.1) is 0 Å². The summed E-state index contributed by atoms with van der Waals surface area (Å²) in [5, 5.41) is 3.83. The van der Waals surface area contributed by atoms with Crippen LogP contribution in [0.15, 0.2) is 24.3 Å². The molecule has 0 radical (unpaired) electrons. The molecule has 1 aromatic carbocycles. The lowest BCUT2D eigenvalue weighted by Crippen LogP contribution is -2.34. The van der Waals surface area contributed by atoms with Gasteiger partial charge >= 0.3 is 0 Å². The molecule has 0 saturated heterocycles. The zero-order valence-corrected chi connectivity index (χ0v) is 11.2. The summed E-state index contributed by atoms with van der Waals surface area (Å²) in [5.41, 5.74) is 8.99. The number of nitrogens with one attached hydrogen (secondary N) is 1. The molecule has 3 N–H and O–H groups in total. The Kier molecular flexibility index (Phi) is 3.40. The molecule has 0 bridgehead atoms. The third-order valence-corrected chi connectivity index (χ3v) is 4.83. The van der Waals surface area contributed by atoms with E-state index in [9.17, 15) is 0 Å². The fourth-order valence-corrected chi connectivity index (χ4v) is 3.74. The number of nitrogens with two attached hydrogens (primary N) is 1. The third kappa shape index (κ3) is 2.19. The maximum Gasteiger partial charge on any atom is 0.0344 e. The van der Waals surface area contributed by atoms with E-state index in [-0.39, 0.29) is 6.04 Å². The Balaban J connectivity index is 1.71. The highest BCUT2D eigenvalue weighted by Gasteiger charge is 2.31. The number of hydrogen-bond acceptors (Lipinski definition) is 2. The predicted octanol–water partition coefficient (Wildman–Crippen LogP) is 3.30. The summed E-state index contributed by atoms with van der Waals surface area (Å²) >= 11 is 0. The van der Waals surface area contributed by atoms with Gasteiger partial charge in [-0.2, -0.15) is 0 Å². The summed E-state index contributed by atoms with van der Waals surface area (Å²) in [5.74, 6) is 0.869. The van der Waals surface area contributed by atoms with Gasteiger partial charge in [0.1, 0.15) is 0 Å². The van der Waals surface area contributed by atoms with Gasteiger partial charge in [-0.25, -0.2) is 0 Å². The van der Waals surface area contributed by atoms with Crippen LogP contribution >= 0.6 is 0 Å². The maximum absolute atomic E-state index is 6.23. The van der Waals surface area contributed by atoms with Gasteiger partial charge in [0, 0.05) is 18.1 Å². The van der Waals surface area contributed by atoms with E-state index in [4.69, 9.17) is 5.73 Å². The van der Waals surface area contributed by atoms with Crippen molar-refractivity contribution in [2.75, 3.05) is 0 Å². The van der Waals surface area contributed by atoms with Gasteiger partial charge in [0.05, 0.1) is 0 Å². The molecular formula is C16H24N2. The molecule has 2 nitrogen and oxygen atoms in total. The average molecular weight is 244 g/mol. The van der Waals surface area contributed by atoms with Gasteiger partial charge in [0.15, 0.2) is 0 Å². The van der Waals surface area contributed by atoms with Crippen LogP contribution in [0.5, 0.6) is 0 Å². The molecule has 3 unspecified atom stereocenters. The van der Waals surface area contributed by atoms with Gasteiger partial charge in [-0.1, -0.05) is 37.1 Å². The molecule has 0 spiro atoms. The summed E-state index contributed by atoms with van der Waals surface area (Å²) in [6.07, 6.45) is 6.68. The van der Waals surface area contributed by atoms with E-state index in [1.807, 2.05) is 0 Å². The molecule has 1 fully saturated rings. The second-order valence-electron chi connectivity index (χ2n) is 6.02. The molecular weight excluding hydrogens is 220 g/mol. The molecule has 3 rings (SSSR count). The van der Waals surface area contributed by atoms with E-state index in [0.717, 1.165) is 12.3 Å². The molecule has 0 aliphatic heterocycles. The lowest BCUT2D eigenvalue weighted by molar-refractivity contribution is 0.337. The molecule has 3 atom stereocenters. The van der Waals surface area contributed by atoms with Crippen LogP contribution in [-0.4, -0.2) is 6.04 Å². The van der Waals surface area contributed by atoms with Crippen molar-refractivity contribution in [3.05, 3.63) is 35.4 Å². The molecule has 1 aromatic rings. The highest BCUT2D eigenvalue weighted by Crippen LogP contribution is 2.38. The van der Waals surface area contributed by atoms with Crippen molar-refractivity contribution in [1.82, 2.24) is 5.32 Å². The minimum absolute atomic E-state index is 0.217. The van der Waals surface area contributed by atoms with Crippen LogP contribution in [0.1, 0.15) is 62.2 Å². The summed E-state index contributed by atoms with van der Waals surface area (Å²) < 4.78 is 0. The first-order chi connectivity index (χ1) is 8.75. The lowest BCUT2D eigenvalue weighted by atomic mass is 9.98. The van der Waals surface area contributed by atoms with E-state index >= 15 is 0 Å². The fraction of sp³-hybridized carbons (Fsp3) is 0.625. The monoisotopic (exact) mass is 244 g/mol. The summed E-state index contributed by atoms with van der Waals surface area (Å²) in [7, 11) is 0. The van der Waals surface area contributed by atoms with Crippen LogP contribution in [0, 0.1) is 5.92 Å². The predicted molar refractivity (Wildman–Crippen MR) is 75.3 cm³/mol. The van der Waals surface area contributed by atoms with Crippen molar-refractivity contribution in [1.29, 1.82) is 0 Å². The Morgan fingerprint density at radius 2 is 1.83 bits per heavy atom. The van der Waals surface area contributed by atoms with Crippen LogP contribution < -0.4 is 11.1 Å². The van der Waals surface area contributed by atoms with Gasteiger partial charge in [0.25, 0.3) is 0 Å². The number of fused-ring (bicyclic) bond motifs is 1. The quantitative estimate of drug-likeness (QED) is 0.856. The van der Waals surface area contributed by atoms with Gasteiger partial charge in [-0.05, 0) is 43.2 Å². The molecule has 98 valence electrons. The molecule has 1 saturated carbocycles. The first-order valence-corrected chi connectivity index (χ1v) is 7.36. The van der Waals surface area contributed by atoms with Gasteiger partial charge in [-0.3, -0.25) is 0 Å². The normalized spacial score (nSPS) is 29.4. The van der Waals surface area contributed by atoms with Crippen molar-refractivity contribution in [3.8, 4) is 0 Å². The number of rotatable bonds is 3. The SMILES string of the molecule is CC(NC1CC(N)c2ccccc21)C1CCCC1. The first-order valence-electron chi connectivity index (χ1n) is 7.36. The van der Waals surface area contributed by atoms with Crippen molar-refractivity contribution < 1.29 is 0 Å². The highest BCUT2D eigenvalue weighted by atomic mass is 15.0. The number of hydrogen-bond donors (Lipinski definition) is 2. The lowest BCUT2D eigenvalue weighted by Gasteiger charge is -2.25. The molecule has 2 heteroatoms. The largest absolute Gasteiger partial charge is 0.324 e. The summed E-state index contributed by atoms with van der Waals surface area (Å²) in [4.78, 5) is 0. The van der Waals surface area contributed by atoms with Crippen molar-refractivity contribution in [2.45, 2.75) is 57.2 Å². The molecule has 18 heavy (non-hydrogen) atoms. The summed E-state index contributed by atoms with van der Waals surface area (Å²) in [6, 6.07) is 9.95. The van der Waals surface area contributed by atoms with Crippen molar-refractivity contribution >= 4 is 0 Å². The van der Waals surface area contributed by atoms with E-state index in [1.165, 1.54) is 36.8 Å². The number of benzene rings is 1.